The van der Waals surface area contributed by atoms with Crippen molar-refractivity contribution in [3.8, 4) is 0 Å². The summed E-state index contributed by atoms with van der Waals surface area (Å²) in [6.07, 6.45) is 1.13. The molecule has 2 N–H and O–H groups in total. The molecule has 0 radical (unpaired) electrons. The van der Waals surface area contributed by atoms with Gasteiger partial charge in [-0.1, -0.05) is 6.92 Å². The van der Waals surface area contributed by atoms with E-state index < -0.39 is 0 Å². The summed E-state index contributed by atoms with van der Waals surface area (Å²) >= 11 is 0. The average Bonchev–Trinajstić information content (AvgIpc) is 2.17. The van der Waals surface area contributed by atoms with Crippen LogP contribution in [0.25, 0.3) is 0 Å². The van der Waals surface area contributed by atoms with Crippen LogP contribution in [0, 0.1) is 5.41 Å². The van der Waals surface area contributed by atoms with E-state index >= 15 is 0 Å². The van der Waals surface area contributed by atoms with Crippen LogP contribution in [-0.2, 0) is 4.74 Å². The van der Waals surface area contributed by atoms with Gasteiger partial charge in [0, 0.05) is 12.0 Å². The number of ether oxygens (including phenoxy) is 1. The van der Waals surface area contributed by atoms with Gasteiger partial charge in [0.25, 0.3) is 0 Å². The topological polar surface area (TPSA) is 35.2 Å². The Kier molecular flexibility index (Phi) is 1.54. The quantitative estimate of drug-likeness (QED) is 0.536. The molecule has 0 saturated carbocycles. The summed E-state index contributed by atoms with van der Waals surface area (Å²) in [5.41, 5.74) is 5.78. The molecule has 2 nitrogen and oxygen atoms in total. The van der Waals surface area contributed by atoms with Gasteiger partial charge in [-0.15, -0.1) is 0 Å². The van der Waals surface area contributed by atoms with Crippen LogP contribution in [0.3, 0.4) is 0 Å². The molecule has 0 aromatic carbocycles. The Labute approximate surface area is 50.0 Å². The van der Waals surface area contributed by atoms with Crippen molar-refractivity contribution in [2.75, 3.05) is 19.8 Å². The molecule has 8 heavy (non-hydrogen) atoms. The second-order valence-electron chi connectivity index (χ2n) is 2.82. The molecule has 1 rings (SSSR count). The summed E-state index contributed by atoms with van der Waals surface area (Å²) in [6.45, 7) is 4.67. The highest BCUT2D eigenvalue weighted by atomic mass is 16.5. The zero-order valence-electron chi connectivity index (χ0n) is 5.31. The first kappa shape index (κ1) is 6.05. The lowest BCUT2D eigenvalue weighted by molar-refractivity contribution is 0.162. The number of hydrogen-bond acceptors (Lipinski definition) is 2. The minimum Gasteiger partial charge on any atom is -0.381 e. The summed E-state index contributed by atoms with van der Waals surface area (Å²) in [7, 11) is 0. The molecule has 1 saturated heterocycles. The minimum atomic E-state index is 0.292. The Morgan fingerprint density at radius 2 is 2.50 bits per heavy atom. The fourth-order valence-electron chi connectivity index (χ4n) is 0.870. The van der Waals surface area contributed by atoms with Crippen molar-refractivity contribution in [1.82, 2.24) is 0 Å². The molecule has 2 heteroatoms. The Bertz CT molecular complexity index is 76.6. The molecular formula is C6H13NO. The van der Waals surface area contributed by atoms with Gasteiger partial charge < -0.3 is 10.5 Å². The first-order valence-electron chi connectivity index (χ1n) is 3.05. The zero-order valence-corrected chi connectivity index (χ0v) is 5.31. The Balaban J connectivity index is 2.40. The van der Waals surface area contributed by atoms with Gasteiger partial charge in [0.15, 0.2) is 0 Å². The normalized spacial score (nSPS) is 38.2. The highest BCUT2D eigenvalue weighted by Gasteiger charge is 2.27. The van der Waals surface area contributed by atoms with Crippen molar-refractivity contribution in [3.05, 3.63) is 0 Å². The third-order valence-corrected chi connectivity index (χ3v) is 1.79. The monoisotopic (exact) mass is 115 g/mol. The molecule has 0 aliphatic carbocycles. The van der Waals surface area contributed by atoms with Gasteiger partial charge in [0.1, 0.15) is 0 Å². The van der Waals surface area contributed by atoms with Gasteiger partial charge in [0.05, 0.1) is 6.61 Å². The summed E-state index contributed by atoms with van der Waals surface area (Å²) in [4.78, 5) is 0. The molecule has 0 bridgehead atoms. The number of rotatable bonds is 1. The second-order valence-corrected chi connectivity index (χ2v) is 2.82. The third-order valence-electron chi connectivity index (χ3n) is 1.79. The summed E-state index contributed by atoms with van der Waals surface area (Å²) < 4.78 is 5.17. The molecule has 0 amide bonds. The van der Waals surface area contributed by atoms with Crippen molar-refractivity contribution in [2.24, 2.45) is 11.1 Å². The lowest BCUT2D eigenvalue weighted by Crippen LogP contribution is -2.26. The van der Waals surface area contributed by atoms with Crippen LogP contribution < -0.4 is 5.73 Å². The van der Waals surface area contributed by atoms with Crippen molar-refractivity contribution in [1.29, 1.82) is 0 Å². The van der Waals surface area contributed by atoms with Gasteiger partial charge >= 0.3 is 0 Å². The third kappa shape index (κ3) is 1.01. The zero-order chi connectivity index (χ0) is 6.04. The van der Waals surface area contributed by atoms with E-state index in [9.17, 15) is 0 Å². The fourth-order valence-corrected chi connectivity index (χ4v) is 0.870. The van der Waals surface area contributed by atoms with E-state index in [1.807, 2.05) is 0 Å². The Hall–Kier alpha value is -0.0800. The lowest BCUT2D eigenvalue weighted by atomic mass is 9.91. The van der Waals surface area contributed by atoms with E-state index in [-0.39, 0.29) is 0 Å². The molecule has 1 aliphatic heterocycles. The molecule has 0 aromatic heterocycles. The molecule has 1 aliphatic rings. The second kappa shape index (κ2) is 2.03. The number of hydrogen-bond donors (Lipinski definition) is 1. The van der Waals surface area contributed by atoms with Crippen LogP contribution >= 0.6 is 0 Å². The summed E-state index contributed by atoms with van der Waals surface area (Å²) in [6, 6.07) is 0. The summed E-state index contributed by atoms with van der Waals surface area (Å²) in [5.74, 6) is 0. The predicted octanol–water partition coefficient (Wildman–Crippen LogP) is 0.372. The van der Waals surface area contributed by atoms with Gasteiger partial charge in [-0.05, 0) is 13.0 Å². The Morgan fingerprint density at radius 3 is 2.75 bits per heavy atom. The van der Waals surface area contributed by atoms with Gasteiger partial charge in [-0.2, -0.15) is 0 Å². The van der Waals surface area contributed by atoms with E-state index in [2.05, 4.69) is 6.92 Å². The van der Waals surface area contributed by atoms with Crippen molar-refractivity contribution in [3.63, 3.8) is 0 Å². The van der Waals surface area contributed by atoms with Crippen LogP contribution in [0.2, 0.25) is 0 Å². The van der Waals surface area contributed by atoms with E-state index in [0.29, 0.717) is 5.41 Å². The van der Waals surface area contributed by atoms with E-state index in [0.717, 1.165) is 26.2 Å². The molecule has 1 fully saturated rings. The maximum absolute atomic E-state index is 5.49. The van der Waals surface area contributed by atoms with Crippen LogP contribution in [-0.4, -0.2) is 19.8 Å². The van der Waals surface area contributed by atoms with Crippen LogP contribution in [0.5, 0.6) is 0 Å². The highest BCUT2D eigenvalue weighted by molar-refractivity contribution is 4.78. The van der Waals surface area contributed by atoms with Gasteiger partial charge in [-0.25, -0.2) is 0 Å². The van der Waals surface area contributed by atoms with Gasteiger partial charge in [0.2, 0.25) is 0 Å². The largest absolute Gasteiger partial charge is 0.381 e. The molecule has 0 aromatic rings. The van der Waals surface area contributed by atoms with Crippen molar-refractivity contribution in [2.45, 2.75) is 13.3 Å². The molecular weight excluding hydrogens is 102 g/mol. The lowest BCUT2D eigenvalue weighted by Gasteiger charge is -2.17. The SMILES string of the molecule is C[C@@]1(CN)CCOC1. The molecule has 48 valence electrons. The van der Waals surface area contributed by atoms with Crippen LogP contribution in [0.15, 0.2) is 0 Å². The van der Waals surface area contributed by atoms with E-state index in [4.69, 9.17) is 10.5 Å². The predicted molar refractivity (Wildman–Crippen MR) is 32.6 cm³/mol. The molecule has 0 unspecified atom stereocenters. The first-order chi connectivity index (χ1) is 3.77. The van der Waals surface area contributed by atoms with E-state index in [1.54, 1.807) is 0 Å². The molecule has 1 atom stereocenters. The Morgan fingerprint density at radius 1 is 1.75 bits per heavy atom. The molecule has 1 heterocycles. The maximum Gasteiger partial charge on any atom is 0.0532 e. The first-order valence-corrected chi connectivity index (χ1v) is 3.05. The van der Waals surface area contributed by atoms with Crippen molar-refractivity contribution < 1.29 is 4.74 Å². The smallest absolute Gasteiger partial charge is 0.0532 e. The van der Waals surface area contributed by atoms with Crippen LogP contribution in [0.1, 0.15) is 13.3 Å². The van der Waals surface area contributed by atoms with Crippen LogP contribution in [0.4, 0.5) is 0 Å². The minimum absolute atomic E-state index is 0.292. The maximum atomic E-state index is 5.49. The standard InChI is InChI=1S/C6H13NO/c1-6(4-7)2-3-8-5-6/h2-5,7H2,1H3/t6-/m0/s1. The fraction of sp³-hybridized carbons (Fsp3) is 1.00. The number of nitrogens with two attached hydrogens (primary N) is 1. The van der Waals surface area contributed by atoms with Gasteiger partial charge in [-0.3, -0.25) is 0 Å². The molecule has 0 spiro atoms. The highest BCUT2D eigenvalue weighted by Crippen LogP contribution is 2.25. The van der Waals surface area contributed by atoms with E-state index in [1.165, 1.54) is 0 Å². The van der Waals surface area contributed by atoms with Crippen molar-refractivity contribution >= 4 is 0 Å². The summed E-state index contributed by atoms with van der Waals surface area (Å²) in [5, 5.41) is 0. The average molecular weight is 115 g/mol.